The van der Waals surface area contributed by atoms with E-state index >= 15 is 0 Å². The summed E-state index contributed by atoms with van der Waals surface area (Å²) in [4.78, 5) is 10.7. The normalized spacial score (nSPS) is 29.6. The van der Waals surface area contributed by atoms with Crippen LogP contribution in [-0.4, -0.2) is 167 Å². The minimum Gasteiger partial charge on any atom is -0.399 e. The quantitative estimate of drug-likeness (QED) is 0.0361. The third-order valence-corrected chi connectivity index (χ3v) is 26.1. The zero-order chi connectivity index (χ0) is 52.0. The van der Waals surface area contributed by atoms with Crippen LogP contribution in [0.3, 0.4) is 0 Å². The fourth-order valence-corrected chi connectivity index (χ4v) is 15.8. The van der Waals surface area contributed by atoms with Crippen LogP contribution in [0.1, 0.15) is 184 Å². The molecule has 0 N–H and O–H groups in total. The van der Waals surface area contributed by atoms with Crippen LogP contribution >= 0.6 is 20.7 Å². The largest absolute Gasteiger partial charge is 0.399 e. The lowest BCUT2D eigenvalue weighted by Crippen LogP contribution is -2.35. The van der Waals surface area contributed by atoms with Gasteiger partial charge in [0, 0.05) is 60.3 Å². The molecule has 3 aliphatic rings. The van der Waals surface area contributed by atoms with Crippen molar-refractivity contribution in [1.29, 1.82) is 0 Å². The van der Waals surface area contributed by atoms with Gasteiger partial charge < -0.3 is 28.6 Å². The van der Waals surface area contributed by atoms with Crippen LogP contribution in [0, 0.1) is 35.5 Å². The number of hydroxylamine groups is 2. The third kappa shape index (κ3) is 25.3. The number of rotatable bonds is 34. The summed E-state index contributed by atoms with van der Waals surface area (Å²) in [6.07, 6.45) is 49.1. The van der Waals surface area contributed by atoms with E-state index in [1.165, 1.54) is 158 Å². The van der Waals surface area contributed by atoms with Crippen molar-refractivity contribution < 1.29 is 28.6 Å². The van der Waals surface area contributed by atoms with E-state index in [0.717, 1.165) is 19.3 Å². The van der Waals surface area contributed by atoms with Crippen molar-refractivity contribution in [3.63, 3.8) is 0 Å². The summed E-state index contributed by atoms with van der Waals surface area (Å²) in [5.41, 5.74) is 1.23. The predicted octanol–water partition coefficient (Wildman–Crippen LogP) is 15.8. The second kappa shape index (κ2) is 38.6. The van der Waals surface area contributed by atoms with E-state index < -0.39 is 20.7 Å². The molecule has 0 spiro atoms. The lowest BCUT2D eigenvalue weighted by molar-refractivity contribution is -0.152. The molecule has 0 radical (unpaired) electrons. The Kier molecular flexibility index (Phi) is 38.7. The van der Waals surface area contributed by atoms with Gasteiger partial charge in [-0.15, -0.1) is 39.6 Å². The number of oxime groups is 1. The number of methoxy groups -OCH3 is 4. The molecule has 0 saturated heterocycles. The van der Waals surface area contributed by atoms with Crippen molar-refractivity contribution in [2.24, 2.45) is 40.7 Å². The van der Waals surface area contributed by atoms with Crippen molar-refractivity contribution in [3.05, 3.63) is 0 Å². The van der Waals surface area contributed by atoms with Crippen LogP contribution in [0.15, 0.2) is 5.16 Å². The molecule has 3 fully saturated rings. The van der Waals surface area contributed by atoms with Gasteiger partial charge in [-0.1, -0.05) is 112 Å². The van der Waals surface area contributed by atoms with Gasteiger partial charge in [-0.3, -0.25) is 0 Å². The van der Waals surface area contributed by atoms with E-state index in [2.05, 4.69) is 97.7 Å². The monoisotopic (exact) mass is 1050 g/mol. The molecule has 0 amide bonds. The Hall–Kier alpha value is 0.130. The predicted molar refractivity (Wildman–Crippen MR) is 324 cm³/mol. The molecule has 0 aliphatic heterocycles. The summed E-state index contributed by atoms with van der Waals surface area (Å²) >= 11 is 0. The van der Waals surface area contributed by atoms with E-state index in [1.54, 1.807) is 14.2 Å². The van der Waals surface area contributed by atoms with Gasteiger partial charge in [0.15, 0.2) is 0 Å². The van der Waals surface area contributed by atoms with Gasteiger partial charge in [-0.25, -0.2) is 0 Å². The first-order valence-corrected chi connectivity index (χ1v) is 36.8. The van der Waals surface area contributed by atoms with Crippen LogP contribution in [0.4, 0.5) is 0 Å². The van der Waals surface area contributed by atoms with Gasteiger partial charge >= 0.3 is 0 Å². The summed E-state index contributed by atoms with van der Waals surface area (Å²) in [7, 11) is 13.0. The molecule has 3 saturated carbocycles. The van der Waals surface area contributed by atoms with Crippen LogP contribution in [0.25, 0.3) is 0 Å². The summed E-state index contributed by atoms with van der Waals surface area (Å²) in [6.45, 7) is 18.1. The first-order chi connectivity index (χ1) is 32.9. The molecule has 3 aliphatic carbocycles. The fraction of sp³-hybridized carbons (Fsp3) is 0.932. The van der Waals surface area contributed by atoms with Crippen molar-refractivity contribution >= 4 is 45.3 Å². The summed E-state index contributed by atoms with van der Waals surface area (Å²) in [5, 5.41) is 6.41. The number of hydrogen-bond acceptors (Lipinski definition) is 8. The molecule has 8 nitrogen and oxygen atoms in total. The number of nitrogens with zero attached hydrogens (tertiary/aromatic N) is 2. The van der Waals surface area contributed by atoms with Crippen LogP contribution in [-0.2, 0) is 28.6 Å². The van der Waals surface area contributed by atoms with E-state index in [0.29, 0.717) is 66.0 Å². The maximum atomic E-state index is 5.91. The van der Waals surface area contributed by atoms with Gasteiger partial charge in [-0.2, -0.15) is 5.06 Å². The molecule has 70 heavy (non-hydrogen) atoms. The minimum atomic E-state index is -0.928. The lowest BCUT2D eigenvalue weighted by atomic mass is 9.85. The van der Waals surface area contributed by atoms with Crippen molar-refractivity contribution in [3.8, 4) is 0 Å². The molecular weight excluding hydrogens is 926 g/mol. The number of hydrogen-bond donors (Lipinski definition) is 0. The summed E-state index contributed by atoms with van der Waals surface area (Å²) < 4.78 is 23.3. The van der Waals surface area contributed by atoms with E-state index in [-0.39, 0.29) is 7.43 Å². The Balaban J connectivity index is 0.00000101. The second-order valence-corrected chi connectivity index (χ2v) is 35.6. The first kappa shape index (κ1) is 70.1. The highest BCUT2D eigenvalue weighted by Gasteiger charge is 2.45. The highest BCUT2D eigenvalue weighted by molar-refractivity contribution is 7.73. The van der Waals surface area contributed by atoms with Gasteiger partial charge in [0.25, 0.3) is 0 Å². The molecule has 14 unspecified atom stereocenters. The maximum Gasteiger partial charge on any atom is 0.106 e. The molecule has 420 valence electrons. The first-order valence-electron chi connectivity index (χ1n) is 28.4. The van der Waals surface area contributed by atoms with Crippen molar-refractivity contribution in [1.82, 2.24) is 5.06 Å². The number of unbranched alkanes of at least 4 members (excludes halogenated alkanes) is 6. The smallest absolute Gasteiger partial charge is 0.106 e. The standard InChI is InChI=1S/C20H42NO2P.C19H38NO2P.C19H39O2P.CH4/c1-8-10-11-13-17-18(14-12-15-24(6,7)9-2)20(22-4)16-19(17)21(3)23-5;1-7-9-10-12-16-17(13-11-14-23(5,6)8-2)19(21-3)15-18(16)20-22-4;1-7-9-10-12-16-17(13-11-14-22(5,6)8-2)19(21-4)15-18(16)20-3;/h17-20H,6,8-16H2,1-5,7H3;16-17,19H,5,7-15H2,1-4,6H3;16-19H,5,7-15H2,1-4,6H3;1H4/b;20-18-;;. The Morgan fingerprint density at radius 1 is 0.486 bits per heavy atom. The van der Waals surface area contributed by atoms with Crippen LogP contribution < -0.4 is 0 Å². The molecule has 11 heteroatoms. The average molecular weight is 1050 g/mol. The molecule has 0 aromatic carbocycles. The highest BCUT2D eigenvalue weighted by atomic mass is 31.2. The molecule has 0 aromatic heterocycles. The van der Waals surface area contributed by atoms with E-state index in [9.17, 15) is 0 Å². The third-order valence-electron chi connectivity index (χ3n) is 17.4. The van der Waals surface area contributed by atoms with Crippen LogP contribution in [0.5, 0.6) is 0 Å². The Bertz CT molecular complexity index is 1480. The molecule has 14 atom stereocenters. The second-order valence-electron chi connectivity index (χ2n) is 22.7. The Morgan fingerprint density at radius 3 is 1.21 bits per heavy atom. The zero-order valence-corrected chi connectivity index (χ0v) is 51.4. The Labute approximate surface area is 438 Å². The maximum absolute atomic E-state index is 5.91. The van der Waals surface area contributed by atoms with Crippen molar-refractivity contribution in [2.75, 3.05) is 107 Å². The van der Waals surface area contributed by atoms with E-state index in [4.69, 9.17) is 28.6 Å². The molecule has 3 rings (SSSR count). The molecule has 0 heterocycles. The molecule has 0 aromatic rings. The summed E-state index contributed by atoms with van der Waals surface area (Å²) in [6, 6.07) is 0.494. The van der Waals surface area contributed by atoms with E-state index in [1.807, 2.05) is 28.4 Å². The lowest BCUT2D eigenvalue weighted by Gasteiger charge is -2.31. The fourth-order valence-electron chi connectivity index (χ4n) is 12.0. The van der Waals surface area contributed by atoms with Gasteiger partial charge in [0.1, 0.15) is 7.11 Å². The summed E-state index contributed by atoms with van der Waals surface area (Å²) in [5.74, 6) is 3.89. The highest BCUT2D eigenvalue weighted by Crippen LogP contribution is 2.48. The van der Waals surface area contributed by atoms with Gasteiger partial charge in [0.05, 0.1) is 37.2 Å². The number of ether oxygens (including phenoxy) is 4. The zero-order valence-electron chi connectivity index (χ0n) is 48.7. The van der Waals surface area contributed by atoms with Gasteiger partial charge in [0.2, 0.25) is 0 Å². The SMILES string of the molecule is C.C=P(C)(CC)CCCC1C(OC)C/C(=N/OC)C1CCCCC.C=P(C)(CC)CCCC1C(OC)CC(N(C)OC)C1CCCCC.C=P(C)(CC)CCCC1C(OC)CC(OC)C1CCCCC. The average Bonchev–Trinajstić information content (AvgIpc) is 3.99. The topological polar surface area (TPSA) is 71.0 Å². The molecular formula is C59H123N2O6P3. The van der Waals surface area contributed by atoms with Gasteiger partial charge in [-0.05, 0) is 151 Å². The Morgan fingerprint density at radius 2 is 0.843 bits per heavy atom. The van der Waals surface area contributed by atoms with Crippen LogP contribution in [0.2, 0.25) is 0 Å². The van der Waals surface area contributed by atoms with Crippen molar-refractivity contribution in [2.45, 2.75) is 214 Å². The molecule has 0 bridgehead atoms. The minimum absolute atomic E-state index is 0.